The zero-order valence-corrected chi connectivity index (χ0v) is 13.1. The van der Waals surface area contributed by atoms with Crippen LogP contribution in [0.1, 0.15) is 10.6 Å². The molecule has 0 fully saturated rings. The maximum absolute atomic E-state index is 12.1. The molecule has 2 aromatic carbocycles. The van der Waals surface area contributed by atoms with Crippen molar-refractivity contribution in [1.82, 2.24) is 4.98 Å². The number of aromatic nitrogens is 1. The number of rotatable bonds is 4. The Labute approximate surface area is 132 Å². The fourth-order valence-electron chi connectivity index (χ4n) is 1.99. The van der Waals surface area contributed by atoms with Crippen LogP contribution >= 0.6 is 27.3 Å². The average molecular weight is 370 g/mol. The van der Waals surface area contributed by atoms with Crippen LogP contribution in [0, 0.1) is 0 Å². The quantitative estimate of drug-likeness (QED) is 0.626. The molecule has 0 atom stereocenters. The summed E-state index contributed by atoms with van der Waals surface area (Å²) in [7, 11) is 0. The molecule has 0 unspecified atom stereocenters. The number of hydrogen-bond donors (Lipinski definition) is 0. The summed E-state index contributed by atoms with van der Waals surface area (Å²) in [6, 6.07) is 12.6. The number of halogens is 3. The van der Waals surface area contributed by atoms with Gasteiger partial charge in [-0.2, -0.15) is 8.78 Å². The Morgan fingerprint density at radius 2 is 1.90 bits per heavy atom. The predicted octanol–water partition coefficient (Wildman–Crippen LogP) is 5.25. The van der Waals surface area contributed by atoms with E-state index in [1.807, 2.05) is 18.2 Å². The van der Waals surface area contributed by atoms with E-state index in [4.69, 9.17) is 0 Å². The topological polar surface area (TPSA) is 22.1 Å². The lowest BCUT2D eigenvalue weighted by molar-refractivity contribution is -0.0498. The van der Waals surface area contributed by atoms with E-state index in [2.05, 4.69) is 25.7 Å². The summed E-state index contributed by atoms with van der Waals surface area (Å²) in [5, 5.41) is 0.991. The van der Waals surface area contributed by atoms with Crippen molar-refractivity contribution in [2.45, 2.75) is 13.0 Å². The van der Waals surface area contributed by atoms with Crippen molar-refractivity contribution in [1.29, 1.82) is 0 Å². The van der Waals surface area contributed by atoms with E-state index < -0.39 is 6.61 Å². The van der Waals surface area contributed by atoms with Crippen molar-refractivity contribution in [2.75, 3.05) is 0 Å². The van der Waals surface area contributed by atoms with Gasteiger partial charge < -0.3 is 4.74 Å². The summed E-state index contributed by atoms with van der Waals surface area (Å²) >= 11 is 5.07. The Balaban J connectivity index is 1.78. The van der Waals surface area contributed by atoms with Gasteiger partial charge in [0.1, 0.15) is 5.75 Å². The fourth-order valence-corrected chi connectivity index (χ4v) is 3.54. The molecule has 6 heteroatoms. The van der Waals surface area contributed by atoms with Crippen molar-refractivity contribution < 1.29 is 13.5 Å². The highest BCUT2D eigenvalue weighted by Crippen LogP contribution is 2.27. The van der Waals surface area contributed by atoms with Gasteiger partial charge in [-0.3, -0.25) is 0 Å². The zero-order valence-electron chi connectivity index (χ0n) is 10.7. The maximum Gasteiger partial charge on any atom is 0.387 e. The minimum atomic E-state index is -2.79. The molecule has 0 aliphatic rings. The predicted molar refractivity (Wildman–Crippen MR) is 83.2 cm³/mol. The number of nitrogens with zero attached hydrogens (tertiary/aromatic N) is 1. The molecular formula is C15H10BrF2NOS. The van der Waals surface area contributed by atoms with Gasteiger partial charge in [-0.25, -0.2) is 4.98 Å². The summed E-state index contributed by atoms with van der Waals surface area (Å²) in [5.41, 5.74) is 1.98. The van der Waals surface area contributed by atoms with Gasteiger partial charge in [0.2, 0.25) is 0 Å². The third-order valence-corrected chi connectivity index (χ3v) is 4.41. The molecule has 0 spiro atoms. The van der Waals surface area contributed by atoms with Gasteiger partial charge in [0.25, 0.3) is 0 Å². The molecule has 0 bridgehead atoms. The molecule has 0 saturated heterocycles. The van der Waals surface area contributed by atoms with Gasteiger partial charge in [-0.15, -0.1) is 11.3 Å². The van der Waals surface area contributed by atoms with Crippen LogP contribution in [0.4, 0.5) is 8.78 Å². The molecule has 0 radical (unpaired) electrons. The molecule has 2 nitrogen and oxygen atoms in total. The highest BCUT2D eigenvalue weighted by molar-refractivity contribution is 9.10. The highest BCUT2D eigenvalue weighted by atomic mass is 79.9. The first kappa shape index (κ1) is 14.4. The Hall–Kier alpha value is -1.53. The summed E-state index contributed by atoms with van der Waals surface area (Å²) in [6.45, 7) is -2.79. The molecule has 3 rings (SSSR count). The van der Waals surface area contributed by atoms with Crippen molar-refractivity contribution >= 4 is 37.5 Å². The van der Waals surface area contributed by atoms with Gasteiger partial charge in [-0.05, 0) is 35.9 Å². The third kappa shape index (κ3) is 3.57. The van der Waals surface area contributed by atoms with E-state index in [1.54, 1.807) is 35.6 Å². The summed E-state index contributed by atoms with van der Waals surface area (Å²) < 4.78 is 30.6. The number of thiazole rings is 1. The number of benzene rings is 2. The molecule has 0 aliphatic heterocycles. The maximum atomic E-state index is 12.1. The minimum Gasteiger partial charge on any atom is -0.435 e. The second-order valence-corrected chi connectivity index (χ2v) is 6.45. The lowest BCUT2D eigenvalue weighted by Gasteiger charge is -2.04. The van der Waals surface area contributed by atoms with Crippen LogP contribution in [0.5, 0.6) is 5.75 Å². The van der Waals surface area contributed by atoms with Gasteiger partial charge in [0, 0.05) is 10.9 Å². The van der Waals surface area contributed by atoms with Crippen LogP contribution in [0.25, 0.3) is 10.2 Å². The molecule has 108 valence electrons. The number of fused-ring (bicyclic) bond motifs is 1. The SMILES string of the molecule is FC(F)Oc1ccc(Cc2nc3ccc(Br)cc3s2)cc1. The molecule has 0 aliphatic carbocycles. The molecular weight excluding hydrogens is 360 g/mol. The monoisotopic (exact) mass is 369 g/mol. The Morgan fingerprint density at radius 3 is 2.62 bits per heavy atom. The van der Waals surface area contributed by atoms with Crippen molar-refractivity contribution in [3.05, 3.63) is 57.5 Å². The normalized spacial score (nSPS) is 11.2. The van der Waals surface area contributed by atoms with E-state index in [-0.39, 0.29) is 5.75 Å². The standard InChI is InChI=1S/C15H10BrF2NOS/c16-10-3-6-12-13(8-10)21-14(19-12)7-9-1-4-11(5-2-9)20-15(17)18/h1-6,8,15H,7H2. The van der Waals surface area contributed by atoms with E-state index >= 15 is 0 Å². The summed E-state index contributed by atoms with van der Waals surface area (Å²) in [4.78, 5) is 4.57. The fraction of sp³-hybridized carbons (Fsp3) is 0.133. The van der Waals surface area contributed by atoms with Crippen LogP contribution in [-0.2, 0) is 6.42 Å². The van der Waals surface area contributed by atoms with E-state index in [0.717, 1.165) is 25.3 Å². The molecule has 21 heavy (non-hydrogen) atoms. The first-order valence-corrected chi connectivity index (χ1v) is 7.80. The minimum absolute atomic E-state index is 0.169. The van der Waals surface area contributed by atoms with Crippen LogP contribution in [-0.4, -0.2) is 11.6 Å². The van der Waals surface area contributed by atoms with E-state index in [9.17, 15) is 8.78 Å². The van der Waals surface area contributed by atoms with Crippen molar-refractivity contribution in [3.8, 4) is 5.75 Å². The zero-order chi connectivity index (χ0) is 14.8. The molecule has 3 aromatic rings. The average Bonchev–Trinajstić information content (AvgIpc) is 2.82. The first-order valence-electron chi connectivity index (χ1n) is 6.19. The number of alkyl halides is 2. The van der Waals surface area contributed by atoms with Crippen molar-refractivity contribution in [2.24, 2.45) is 0 Å². The van der Waals surface area contributed by atoms with Gasteiger partial charge in [0.15, 0.2) is 0 Å². The number of hydrogen-bond acceptors (Lipinski definition) is 3. The smallest absolute Gasteiger partial charge is 0.387 e. The van der Waals surface area contributed by atoms with Gasteiger partial charge in [0.05, 0.1) is 15.2 Å². The van der Waals surface area contributed by atoms with Crippen LogP contribution in [0.2, 0.25) is 0 Å². The van der Waals surface area contributed by atoms with E-state index in [1.165, 1.54) is 0 Å². The molecule has 0 saturated carbocycles. The largest absolute Gasteiger partial charge is 0.435 e. The van der Waals surface area contributed by atoms with Crippen LogP contribution < -0.4 is 4.74 Å². The molecule has 1 heterocycles. The Morgan fingerprint density at radius 1 is 1.14 bits per heavy atom. The third-order valence-electron chi connectivity index (χ3n) is 2.90. The molecule has 0 amide bonds. The number of ether oxygens (including phenoxy) is 1. The second-order valence-electron chi connectivity index (χ2n) is 4.42. The Bertz CT molecular complexity index is 758. The van der Waals surface area contributed by atoms with Crippen molar-refractivity contribution in [3.63, 3.8) is 0 Å². The van der Waals surface area contributed by atoms with Gasteiger partial charge in [-0.1, -0.05) is 28.1 Å². The van der Waals surface area contributed by atoms with Crippen LogP contribution in [0.3, 0.4) is 0 Å². The molecule has 1 aromatic heterocycles. The summed E-state index contributed by atoms with van der Waals surface area (Å²) in [5.74, 6) is 0.169. The second kappa shape index (κ2) is 6.07. The highest BCUT2D eigenvalue weighted by Gasteiger charge is 2.07. The van der Waals surface area contributed by atoms with Crippen LogP contribution in [0.15, 0.2) is 46.9 Å². The van der Waals surface area contributed by atoms with E-state index in [0.29, 0.717) is 6.42 Å². The summed E-state index contributed by atoms with van der Waals surface area (Å²) in [6.07, 6.45) is 0.673. The lowest BCUT2D eigenvalue weighted by atomic mass is 10.1. The lowest BCUT2D eigenvalue weighted by Crippen LogP contribution is -2.01. The Kier molecular flexibility index (Phi) is 4.17. The molecule has 0 N–H and O–H groups in total. The van der Waals surface area contributed by atoms with Gasteiger partial charge >= 0.3 is 6.61 Å². The first-order chi connectivity index (χ1) is 10.1.